The summed E-state index contributed by atoms with van der Waals surface area (Å²) in [5.74, 6) is -1.68. The zero-order valence-corrected chi connectivity index (χ0v) is 9.11. The maximum Gasteiger partial charge on any atom is 0.327 e. The number of rotatable bonds is 3. The molecule has 0 bridgehead atoms. The third kappa shape index (κ3) is 1.71. The predicted molar refractivity (Wildman–Crippen MR) is 59.5 cm³/mol. The molecule has 1 aromatic carbocycles. The molecule has 0 aliphatic heterocycles. The Kier molecular flexibility index (Phi) is 2.71. The number of nitrogens with one attached hydrogen (secondary N) is 1. The minimum Gasteiger partial charge on any atom is -0.480 e. The molecule has 90 valence electrons. The molecule has 2 N–H and O–H groups in total. The van der Waals surface area contributed by atoms with Crippen LogP contribution in [0.1, 0.15) is 19.4 Å². The van der Waals surface area contributed by atoms with Crippen molar-refractivity contribution in [3.63, 3.8) is 0 Å². The average Bonchev–Trinajstić information content (AvgIpc) is 2.59. The van der Waals surface area contributed by atoms with Gasteiger partial charge < -0.3 is 10.1 Å². The first-order valence-corrected chi connectivity index (χ1v) is 5.17. The number of carboxylic acid groups (broad SMARTS) is 1. The van der Waals surface area contributed by atoms with Crippen LogP contribution in [0.3, 0.4) is 0 Å². The first kappa shape index (κ1) is 11.4. The zero-order chi connectivity index (χ0) is 12.6. The van der Waals surface area contributed by atoms with Crippen LogP contribution in [0.25, 0.3) is 11.0 Å². The highest BCUT2D eigenvalue weighted by Crippen LogP contribution is 2.19. The fraction of sp³-hybridized carbons (Fsp3) is 0.273. The van der Waals surface area contributed by atoms with Crippen molar-refractivity contribution in [3.8, 4) is 0 Å². The van der Waals surface area contributed by atoms with Gasteiger partial charge in [0.2, 0.25) is 0 Å². The third-order valence-electron chi connectivity index (χ3n) is 2.69. The lowest BCUT2D eigenvalue weighted by molar-refractivity contribution is -0.140. The van der Waals surface area contributed by atoms with Crippen molar-refractivity contribution in [2.24, 2.45) is 0 Å². The van der Waals surface area contributed by atoms with Crippen LogP contribution in [0.15, 0.2) is 23.0 Å². The fourth-order valence-corrected chi connectivity index (χ4v) is 1.89. The number of para-hydroxylation sites is 1. The highest BCUT2D eigenvalue weighted by Gasteiger charge is 2.22. The summed E-state index contributed by atoms with van der Waals surface area (Å²) >= 11 is 0. The van der Waals surface area contributed by atoms with E-state index in [1.165, 1.54) is 18.2 Å². The highest BCUT2D eigenvalue weighted by atomic mass is 19.1. The van der Waals surface area contributed by atoms with Crippen molar-refractivity contribution < 1.29 is 14.3 Å². The molecule has 0 aliphatic carbocycles. The van der Waals surface area contributed by atoms with Gasteiger partial charge in [0.15, 0.2) is 0 Å². The molecule has 0 amide bonds. The van der Waals surface area contributed by atoms with Gasteiger partial charge in [0.1, 0.15) is 17.4 Å². The van der Waals surface area contributed by atoms with E-state index in [2.05, 4.69) is 4.98 Å². The van der Waals surface area contributed by atoms with Gasteiger partial charge in [0.05, 0.1) is 5.52 Å². The number of carboxylic acids is 1. The molecular formula is C11H11FN2O3. The standard InChI is InChI=1S/C11H11FN2O3/c1-2-7(10(15)16)14-8-5-3-4-6(12)9(8)13-11(14)17/h3-5,7H,2H2,1H3,(H,13,17)(H,15,16). The first-order valence-electron chi connectivity index (χ1n) is 5.17. The van der Waals surface area contributed by atoms with E-state index < -0.39 is 23.5 Å². The van der Waals surface area contributed by atoms with Crippen molar-refractivity contribution in [1.82, 2.24) is 9.55 Å². The van der Waals surface area contributed by atoms with Gasteiger partial charge in [0.25, 0.3) is 0 Å². The Morgan fingerprint density at radius 1 is 1.59 bits per heavy atom. The van der Waals surface area contributed by atoms with E-state index in [9.17, 15) is 14.0 Å². The molecule has 1 unspecified atom stereocenters. The van der Waals surface area contributed by atoms with E-state index in [4.69, 9.17) is 5.11 Å². The smallest absolute Gasteiger partial charge is 0.327 e. The molecule has 5 nitrogen and oxygen atoms in total. The van der Waals surface area contributed by atoms with Gasteiger partial charge in [-0.15, -0.1) is 0 Å². The Morgan fingerprint density at radius 2 is 2.29 bits per heavy atom. The Labute approximate surface area is 95.5 Å². The number of aromatic amines is 1. The molecule has 0 spiro atoms. The van der Waals surface area contributed by atoms with Crippen molar-refractivity contribution in [1.29, 1.82) is 0 Å². The number of aromatic nitrogens is 2. The Bertz CT molecular complexity index is 629. The summed E-state index contributed by atoms with van der Waals surface area (Å²) in [4.78, 5) is 25.0. The van der Waals surface area contributed by atoms with Crippen molar-refractivity contribution in [3.05, 3.63) is 34.5 Å². The second-order valence-corrected chi connectivity index (χ2v) is 3.70. The molecule has 0 saturated carbocycles. The number of imidazole rings is 1. The van der Waals surface area contributed by atoms with E-state index in [0.29, 0.717) is 0 Å². The molecule has 17 heavy (non-hydrogen) atoms. The summed E-state index contributed by atoms with van der Waals surface area (Å²) < 4.78 is 14.5. The lowest BCUT2D eigenvalue weighted by Gasteiger charge is -2.11. The minimum absolute atomic E-state index is 0.0391. The molecule has 2 rings (SSSR count). The molecule has 1 heterocycles. The Hall–Kier alpha value is -2.11. The topological polar surface area (TPSA) is 75.1 Å². The fourth-order valence-electron chi connectivity index (χ4n) is 1.89. The monoisotopic (exact) mass is 238 g/mol. The first-order chi connectivity index (χ1) is 8.06. The van der Waals surface area contributed by atoms with Crippen LogP contribution in [0, 0.1) is 5.82 Å². The zero-order valence-electron chi connectivity index (χ0n) is 9.11. The number of benzene rings is 1. The summed E-state index contributed by atoms with van der Waals surface area (Å²) in [7, 11) is 0. The van der Waals surface area contributed by atoms with Crippen LogP contribution in [0.2, 0.25) is 0 Å². The Morgan fingerprint density at radius 3 is 2.88 bits per heavy atom. The van der Waals surface area contributed by atoms with E-state index in [1.54, 1.807) is 6.92 Å². The molecule has 6 heteroatoms. The highest BCUT2D eigenvalue weighted by molar-refractivity contribution is 5.80. The van der Waals surface area contributed by atoms with Gasteiger partial charge in [-0.3, -0.25) is 4.57 Å². The quantitative estimate of drug-likeness (QED) is 0.850. The molecule has 1 aromatic heterocycles. The number of aliphatic carboxylic acids is 1. The van der Waals surface area contributed by atoms with Crippen LogP contribution < -0.4 is 5.69 Å². The predicted octanol–water partition coefficient (Wildman–Crippen LogP) is 1.50. The maximum atomic E-state index is 13.4. The van der Waals surface area contributed by atoms with E-state index in [1.807, 2.05) is 0 Å². The number of hydrogen-bond donors (Lipinski definition) is 2. The second-order valence-electron chi connectivity index (χ2n) is 3.70. The summed E-state index contributed by atoms with van der Waals surface area (Å²) in [6.45, 7) is 1.66. The number of fused-ring (bicyclic) bond motifs is 1. The van der Waals surface area contributed by atoms with Crippen LogP contribution >= 0.6 is 0 Å². The SMILES string of the molecule is CCC(C(=O)O)n1c(=O)[nH]c2c(F)cccc21. The minimum atomic E-state index is -1.11. The van der Waals surface area contributed by atoms with Crippen LogP contribution in [0.4, 0.5) is 4.39 Å². The summed E-state index contributed by atoms with van der Waals surface area (Å²) in [5, 5.41) is 9.03. The van der Waals surface area contributed by atoms with Crippen molar-refractivity contribution in [2.45, 2.75) is 19.4 Å². The number of H-pyrrole nitrogens is 1. The second kappa shape index (κ2) is 4.04. The van der Waals surface area contributed by atoms with Gasteiger partial charge in [0, 0.05) is 0 Å². The molecule has 1 atom stereocenters. The van der Waals surface area contributed by atoms with E-state index >= 15 is 0 Å². The lowest BCUT2D eigenvalue weighted by Crippen LogP contribution is -2.27. The summed E-state index contributed by atoms with van der Waals surface area (Å²) in [6, 6.07) is 3.18. The number of halogens is 1. The third-order valence-corrected chi connectivity index (χ3v) is 2.69. The molecular weight excluding hydrogens is 227 g/mol. The molecule has 0 radical (unpaired) electrons. The van der Waals surface area contributed by atoms with Crippen LogP contribution in [0.5, 0.6) is 0 Å². The van der Waals surface area contributed by atoms with Crippen LogP contribution in [-0.4, -0.2) is 20.6 Å². The maximum absolute atomic E-state index is 13.4. The van der Waals surface area contributed by atoms with Crippen molar-refractivity contribution >= 4 is 17.0 Å². The summed E-state index contributed by atoms with van der Waals surface area (Å²) in [5.41, 5.74) is -0.305. The molecule has 0 fully saturated rings. The molecule has 2 aromatic rings. The Balaban J connectivity index is 2.77. The average molecular weight is 238 g/mol. The van der Waals surface area contributed by atoms with Crippen molar-refractivity contribution in [2.75, 3.05) is 0 Å². The molecule has 0 saturated heterocycles. The van der Waals surface area contributed by atoms with Gasteiger partial charge in [-0.1, -0.05) is 13.0 Å². The normalized spacial score (nSPS) is 12.8. The van der Waals surface area contributed by atoms with Gasteiger partial charge in [-0.05, 0) is 18.6 Å². The molecule has 0 aliphatic rings. The summed E-state index contributed by atoms with van der Waals surface area (Å²) in [6.07, 6.45) is 0.249. The van der Waals surface area contributed by atoms with Gasteiger partial charge >= 0.3 is 11.7 Å². The van der Waals surface area contributed by atoms with Gasteiger partial charge in [-0.25, -0.2) is 14.0 Å². The number of nitrogens with zero attached hydrogens (tertiary/aromatic N) is 1. The van der Waals surface area contributed by atoms with Crippen LogP contribution in [-0.2, 0) is 4.79 Å². The lowest BCUT2D eigenvalue weighted by atomic mass is 10.2. The number of carbonyl (C=O) groups is 1. The van der Waals surface area contributed by atoms with Gasteiger partial charge in [-0.2, -0.15) is 0 Å². The van der Waals surface area contributed by atoms with E-state index in [0.717, 1.165) is 4.57 Å². The number of hydrogen-bond acceptors (Lipinski definition) is 2. The largest absolute Gasteiger partial charge is 0.480 e. The van der Waals surface area contributed by atoms with E-state index in [-0.39, 0.29) is 17.5 Å².